The van der Waals surface area contributed by atoms with Crippen molar-refractivity contribution in [1.82, 2.24) is 0 Å². The first kappa shape index (κ1) is 15.0. The molecule has 0 amide bonds. The van der Waals surface area contributed by atoms with Crippen LogP contribution in [0.4, 0.5) is 5.69 Å². The fraction of sp³-hybridized carbons (Fsp3) is 0.200. The molecule has 0 spiro atoms. The van der Waals surface area contributed by atoms with Gasteiger partial charge < -0.3 is 15.1 Å². The molecule has 2 rings (SSSR count). The Morgan fingerprint density at radius 2 is 2.24 bits per heavy atom. The summed E-state index contributed by atoms with van der Waals surface area (Å²) < 4.78 is 1.01. The second-order valence-electron chi connectivity index (χ2n) is 4.46. The largest absolute Gasteiger partial charge is 0.486 e. The molecule has 108 valence electrons. The van der Waals surface area contributed by atoms with Crippen LogP contribution in [0.5, 0.6) is 0 Å². The van der Waals surface area contributed by atoms with Gasteiger partial charge in [0.05, 0.1) is 13.2 Å². The summed E-state index contributed by atoms with van der Waals surface area (Å²) in [6, 6.07) is 7.76. The predicted octanol–water partition coefficient (Wildman–Crippen LogP) is 2.67. The maximum atomic E-state index is 10.9. The van der Waals surface area contributed by atoms with Gasteiger partial charge in [-0.1, -0.05) is 6.07 Å². The second kappa shape index (κ2) is 6.39. The smallest absolute Gasteiger partial charge is 0.333 e. The first-order valence-corrected chi connectivity index (χ1v) is 7.05. The number of anilines is 1. The topological polar surface area (TPSA) is 65.1 Å². The fourth-order valence-corrected chi connectivity index (χ4v) is 2.94. The van der Waals surface area contributed by atoms with E-state index >= 15 is 0 Å². The van der Waals surface area contributed by atoms with Gasteiger partial charge in [-0.15, -0.1) is 11.3 Å². The molecule has 1 aromatic carbocycles. The number of aliphatic carboxylic acids is 1. The summed E-state index contributed by atoms with van der Waals surface area (Å²) in [5.74, 6) is -1.22. The van der Waals surface area contributed by atoms with Crippen LogP contribution in [0.15, 0.2) is 30.0 Å². The minimum atomic E-state index is -1.22. The monoisotopic (exact) mass is 302 g/mol. The van der Waals surface area contributed by atoms with E-state index in [1.165, 1.54) is 17.4 Å². The SMILES string of the molecule is [C-]#[N+]/C(=C\c1cc2ccc(N(C)CCO)cc2s1)C(=O)O. The number of carboxylic acids is 1. The van der Waals surface area contributed by atoms with E-state index in [-0.39, 0.29) is 12.3 Å². The zero-order chi connectivity index (χ0) is 15.4. The first-order valence-electron chi connectivity index (χ1n) is 6.23. The number of likely N-dealkylation sites (N-methyl/N-ethyl adjacent to an activating group) is 1. The molecule has 1 aromatic heterocycles. The van der Waals surface area contributed by atoms with Crippen molar-refractivity contribution in [1.29, 1.82) is 0 Å². The van der Waals surface area contributed by atoms with Gasteiger partial charge in [-0.3, -0.25) is 4.79 Å². The van der Waals surface area contributed by atoms with Gasteiger partial charge in [-0.05, 0) is 29.7 Å². The van der Waals surface area contributed by atoms with Gasteiger partial charge in [0.2, 0.25) is 0 Å². The van der Waals surface area contributed by atoms with E-state index < -0.39 is 5.97 Å². The van der Waals surface area contributed by atoms with Crippen LogP contribution in [-0.2, 0) is 4.79 Å². The molecule has 0 atom stereocenters. The van der Waals surface area contributed by atoms with Gasteiger partial charge in [0.1, 0.15) is 0 Å². The third kappa shape index (κ3) is 3.40. The highest BCUT2D eigenvalue weighted by Crippen LogP contribution is 2.30. The van der Waals surface area contributed by atoms with Gasteiger partial charge >= 0.3 is 5.97 Å². The molecule has 5 nitrogen and oxygen atoms in total. The summed E-state index contributed by atoms with van der Waals surface area (Å²) in [7, 11) is 1.90. The fourth-order valence-electron chi connectivity index (χ4n) is 1.90. The van der Waals surface area contributed by atoms with Crippen molar-refractivity contribution < 1.29 is 15.0 Å². The van der Waals surface area contributed by atoms with Crippen LogP contribution in [0, 0.1) is 6.57 Å². The molecule has 0 saturated heterocycles. The summed E-state index contributed by atoms with van der Waals surface area (Å²) in [5, 5.41) is 18.8. The van der Waals surface area contributed by atoms with Gasteiger partial charge in [0.15, 0.2) is 0 Å². The molecule has 0 fully saturated rings. The Morgan fingerprint density at radius 1 is 1.48 bits per heavy atom. The van der Waals surface area contributed by atoms with Crippen LogP contribution in [0.1, 0.15) is 4.88 Å². The Bertz CT molecular complexity index is 743. The Hall–Kier alpha value is -2.36. The zero-order valence-electron chi connectivity index (χ0n) is 11.4. The quantitative estimate of drug-likeness (QED) is 0.658. The van der Waals surface area contributed by atoms with Crippen LogP contribution < -0.4 is 4.90 Å². The molecular weight excluding hydrogens is 288 g/mol. The van der Waals surface area contributed by atoms with E-state index in [2.05, 4.69) is 4.85 Å². The number of rotatable bonds is 5. The lowest BCUT2D eigenvalue weighted by Gasteiger charge is -2.17. The number of aliphatic hydroxyl groups excluding tert-OH is 1. The minimum Gasteiger partial charge on any atom is -0.486 e. The number of hydrogen-bond donors (Lipinski definition) is 2. The molecular formula is C15H14N2O3S. The minimum absolute atomic E-state index is 0.0833. The third-order valence-electron chi connectivity index (χ3n) is 3.02. The van der Waals surface area contributed by atoms with E-state index in [1.54, 1.807) is 0 Å². The lowest BCUT2D eigenvalue weighted by Crippen LogP contribution is -2.20. The number of aliphatic hydroxyl groups is 1. The van der Waals surface area contributed by atoms with Gasteiger partial charge in [-0.25, -0.2) is 4.85 Å². The van der Waals surface area contributed by atoms with E-state index in [0.29, 0.717) is 6.54 Å². The lowest BCUT2D eigenvalue weighted by atomic mass is 10.2. The first-order chi connectivity index (χ1) is 10.0. The maximum absolute atomic E-state index is 10.9. The molecule has 0 aliphatic rings. The number of thiophene rings is 1. The third-order valence-corrected chi connectivity index (χ3v) is 4.06. The van der Waals surface area contributed by atoms with E-state index in [1.807, 2.05) is 36.2 Å². The van der Waals surface area contributed by atoms with Crippen molar-refractivity contribution in [2.45, 2.75) is 0 Å². The van der Waals surface area contributed by atoms with Crippen molar-refractivity contribution in [3.8, 4) is 0 Å². The second-order valence-corrected chi connectivity index (χ2v) is 5.58. The number of nitrogens with zero attached hydrogens (tertiary/aromatic N) is 2. The van der Waals surface area contributed by atoms with Crippen molar-refractivity contribution >= 4 is 39.2 Å². The van der Waals surface area contributed by atoms with E-state index in [9.17, 15) is 4.79 Å². The molecule has 6 heteroatoms. The zero-order valence-corrected chi connectivity index (χ0v) is 12.2. The summed E-state index contributed by atoms with van der Waals surface area (Å²) in [6.07, 6.45) is 1.39. The van der Waals surface area contributed by atoms with Gasteiger partial charge in [0, 0.05) is 28.9 Å². The standard InChI is InChI=1S/C15H14N2O3S/c1-16-13(15(19)20)9-12-7-10-3-4-11(8-14(10)21-12)17(2)5-6-18/h3-4,7-9,18H,5-6H2,2H3,(H,19,20)/b13-9-. The summed E-state index contributed by atoms with van der Waals surface area (Å²) in [5.41, 5.74) is 0.691. The molecule has 0 saturated carbocycles. The Labute approximate surface area is 126 Å². The highest BCUT2D eigenvalue weighted by molar-refractivity contribution is 7.19. The number of hydrogen-bond acceptors (Lipinski definition) is 4. The average molecular weight is 302 g/mol. The number of carbonyl (C=O) groups is 1. The molecule has 2 N–H and O–H groups in total. The number of benzene rings is 1. The highest BCUT2D eigenvalue weighted by Gasteiger charge is 2.09. The molecule has 1 heterocycles. The Kier molecular flexibility index (Phi) is 4.58. The van der Waals surface area contributed by atoms with Crippen molar-refractivity contribution in [3.63, 3.8) is 0 Å². The van der Waals surface area contributed by atoms with Gasteiger partial charge in [-0.2, -0.15) is 0 Å². The van der Waals surface area contributed by atoms with Crippen molar-refractivity contribution in [2.24, 2.45) is 0 Å². The Balaban J connectivity index is 2.39. The lowest BCUT2D eigenvalue weighted by molar-refractivity contribution is -0.132. The normalized spacial score (nSPS) is 11.4. The molecule has 0 unspecified atom stereocenters. The summed E-state index contributed by atoms with van der Waals surface area (Å²) in [4.78, 5) is 16.5. The molecule has 0 aliphatic carbocycles. The average Bonchev–Trinajstić information content (AvgIpc) is 2.86. The number of carboxylic acid groups (broad SMARTS) is 1. The van der Waals surface area contributed by atoms with E-state index in [0.717, 1.165) is 20.7 Å². The van der Waals surface area contributed by atoms with E-state index in [4.69, 9.17) is 16.8 Å². The molecule has 0 aliphatic heterocycles. The summed E-state index contributed by atoms with van der Waals surface area (Å²) in [6.45, 7) is 7.49. The maximum Gasteiger partial charge on any atom is 0.333 e. The molecule has 2 aromatic rings. The number of fused-ring (bicyclic) bond motifs is 1. The molecule has 21 heavy (non-hydrogen) atoms. The summed E-state index contributed by atoms with van der Waals surface area (Å²) >= 11 is 1.44. The van der Waals surface area contributed by atoms with Crippen LogP contribution in [0.2, 0.25) is 0 Å². The van der Waals surface area contributed by atoms with Gasteiger partial charge in [0.25, 0.3) is 5.70 Å². The Morgan fingerprint density at radius 3 is 2.86 bits per heavy atom. The molecule has 0 bridgehead atoms. The predicted molar refractivity (Wildman–Crippen MR) is 84.4 cm³/mol. The molecule has 0 radical (unpaired) electrons. The van der Waals surface area contributed by atoms with Crippen molar-refractivity contribution in [2.75, 3.05) is 25.1 Å². The van der Waals surface area contributed by atoms with Crippen LogP contribution in [0.25, 0.3) is 21.0 Å². The van der Waals surface area contributed by atoms with Crippen LogP contribution in [-0.4, -0.2) is 36.4 Å². The van der Waals surface area contributed by atoms with Crippen LogP contribution in [0.3, 0.4) is 0 Å². The van der Waals surface area contributed by atoms with Crippen molar-refractivity contribution in [3.05, 3.63) is 46.3 Å². The highest BCUT2D eigenvalue weighted by atomic mass is 32.1. The van der Waals surface area contributed by atoms with Crippen LogP contribution >= 0.6 is 11.3 Å².